The van der Waals surface area contributed by atoms with Crippen LogP contribution < -0.4 is 5.90 Å². The molecular formula is C16H31NO2. The predicted octanol–water partition coefficient (Wildman–Crippen LogP) is 4.66. The van der Waals surface area contributed by atoms with E-state index in [4.69, 9.17) is 5.90 Å². The number of allylic oxidation sites excluding steroid dienone is 1. The van der Waals surface area contributed by atoms with E-state index in [1.54, 1.807) is 0 Å². The molecule has 3 heteroatoms. The summed E-state index contributed by atoms with van der Waals surface area (Å²) in [6, 6.07) is 0. The summed E-state index contributed by atoms with van der Waals surface area (Å²) < 4.78 is 0. The Morgan fingerprint density at radius 3 is 1.84 bits per heavy atom. The van der Waals surface area contributed by atoms with E-state index < -0.39 is 5.97 Å². The van der Waals surface area contributed by atoms with Crippen molar-refractivity contribution in [2.45, 2.75) is 84.0 Å². The molecule has 0 heterocycles. The van der Waals surface area contributed by atoms with Crippen molar-refractivity contribution in [3.05, 3.63) is 12.2 Å². The Morgan fingerprint density at radius 2 is 1.37 bits per heavy atom. The van der Waals surface area contributed by atoms with Crippen LogP contribution >= 0.6 is 0 Å². The highest BCUT2D eigenvalue weighted by molar-refractivity contribution is 5.81. The van der Waals surface area contributed by atoms with Gasteiger partial charge < -0.3 is 4.84 Å². The molecule has 0 fully saturated rings. The second-order valence-electron chi connectivity index (χ2n) is 5.16. The molecule has 0 aromatic rings. The van der Waals surface area contributed by atoms with Gasteiger partial charge in [0, 0.05) is 6.08 Å². The molecule has 0 saturated heterocycles. The average Bonchev–Trinajstić information content (AvgIpc) is 2.43. The van der Waals surface area contributed by atoms with Crippen molar-refractivity contribution >= 4 is 5.97 Å². The van der Waals surface area contributed by atoms with Gasteiger partial charge in [0.05, 0.1) is 0 Å². The molecule has 0 bridgehead atoms. The zero-order valence-electron chi connectivity index (χ0n) is 12.5. The molecule has 0 radical (unpaired) electrons. The van der Waals surface area contributed by atoms with Gasteiger partial charge in [0.15, 0.2) is 0 Å². The molecule has 3 nitrogen and oxygen atoms in total. The second kappa shape index (κ2) is 15.2. The Balaban J connectivity index is 3.07. The molecule has 0 aromatic heterocycles. The van der Waals surface area contributed by atoms with Crippen LogP contribution in [0.5, 0.6) is 0 Å². The third kappa shape index (κ3) is 15.1. The van der Waals surface area contributed by atoms with Gasteiger partial charge in [-0.2, -0.15) is 5.90 Å². The van der Waals surface area contributed by atoms with Crippen molar-refractivity contribution < 1.29 is 9.63 Å². The number of carbonyl (C=O) groups is 1. The van der Waals surface area contributed by atoms with Crippen LogP contribution in [0, 0.1) is 0 Å². The van der Waals surface area contributed by atoms with Gasteiger partial charge in [-0.15, -0.1) is 0 Å². The second-order valence-corrected chi connectivity index (χ2v) is 5.16. The first-order chi connectivity index (χ1) is 9.31. The summed E-state index contributed by atoms with van der Waals surface area (Å²) in [5.74, 6) is 4.25. The summed E-state index contributed by atoms with van der Waals surface area (Å²) in [6.07, 6.45) is 18.9. The number of rotatable bonds is 13. The zero-order chi connectivity index (χ0) is 14.2. The van der Waals surface area contributed by atoms with Gasteiger partial charge >= 0.3 is 5.97 Å². The fourth-order valence-corrected chi connectivity index (χ4v) is 2.15. The van der Waals surface area contributed by atoms with Gasteiger partial charge in [-0.05, 0) is 12.8 Å². The van der Waals surface area contributed by atoms with Crippen molar-refractivity contribution in [1.82, 2.24) is 0 Å². The molecule has 112 valence electrons. The number of hydrogen-bond acceptors (Lipinski definition) is 3. The highest BCUT2D eigenvalue weighted by atomic mass is 16.7. The standard InChI is InChI=1S/C16H31NO2/c1-2-3-4-5-6-7-8-9-10-11-12-13-14-15-16(18)19-17/h14-15H,2-13,17H2,1H3/b15-14+. The number of unbranched alkanes of at least 4 members (excludes halogenated alkanes) is 11. The predicted molar refractivity (Wildman–Crippen MR) is 80.5 cm³/mol. The summed E-state index contributed by atoms with van der Waals surface area (Å²) in [5.41, 5.74) is 0. The molecule has 0 rings (SSSR count). The lowest BCUT2D eigenvalue weighted by molar-refractivity contribution is -0.138. The molecular weight excluding hydrogens is 238 g/mol. The zero-order valence-corrected chi connectivity index (χ0v) is 12.5. The minimum absolute atomic E-state index is 0.469. The molecule has 0 aliphatic rings. The van der Waals surface area contributed by atoms with Crippen LogP contribution in [0.3, 0.4) is 0 Å². The van der Waals surface area contributed by atoms with Crippen LogP contribution in [-0.4, -0.2) is 5.97 Å². The molecule has 0 aromatic carbocycles. The summed E-state index contributed by atoms with van der Waals surface area (Å²) in [6.45, 7) is 2.26. The normalized spacial score (nSPS) is 11.1. The van der Waals surface area contributed by atoms with Crippen molar-refractivity contribution in [3.63, 3.8) is 0 Å². The molecule has 2 N–H and O–H groups in total. The van der Waals surface area contributed by atoms with Crippen LogP contribution in [0.2, 0.25) is 0 Å². The topological polar surface area (TPSA) is 52.3 Å². The maximum absolute atomic E-state index is 10.7. The third-order valence-electron chi connectivity index (χ3n) is 3.34. The largest absolute Gasteiger partial charge is 0.370 e. The Morgan fingerprint density at radius 1 is 0.895 bits per heavy atom. The van der Waals surface area contributed by atoms with Gasteiger partial charge in [0.2, 0.25) is 0 Å². The molecule has 0 atom stereocenters. The maximum atomic E-state index is 10.7. The summed E-state index contributed by atoms with van der Waals surface area (Å²) in [7, 11) is 0. The van der Waals surface area contributed by atoms with Crippen LogP contribution in [0.25, 0.3) is 0 Å². The maximum Gasteiger partial charge on any atom is 0.348 e. The monoisotopic (exact) mass is 269 g/mol. The number of carbonyl (C=O) groups excluding carboxylic acids is 1. The van der Waals surface area contributed by atoms with Gasteiger partial charge in [0.1, 0.15) is 0 Å². The highest BCUT2D eigenvalue weighted by Crippen LogP contribution is 2.11. The number of nitrogens with two attached hydrogens (primary N) is 1. The third-order valence-corrected chi connectivity index (χ3v) is 3.34. The van der Waals surface area contributed by atoms with E-state index in [2.05, 4.69) is 11.8 Å². The average molecular weight is 269 g/mol. The van der Waals surface area contributed by atoms with Crippen molar-refractivity contribution in [1.29, 1.82) is 0 Å². The SMILES string of the molecule is CCCCCCCCCCCCC/C=C/C(=O)ON. The number of hydrogen-bond donors (Lipinski definition) is 1. The van der Waals surface area contributed by atoms with Gasteiger partial charge in [-0.25, -0.2) is 4.79 Å². The first-order valence-electron chi connectivity index (χ1n) is 7.88. The minimum Gasteiger partial charge on any atom is -0.370 e. The molecule has 0 spiro atoms. The molecule has 0 aliphatic carbocycles. The van der Waals surface area contributed by atoms with Crippen molar-refractivity contribution in [3.8, 4) is 0 Å². The van der Waals surface area contributed by atoms with E-state index in [1.165, 1.54) is 70.3 Å². The van der Waals surface area contributed by atoms with E-state index in [1.807, 2.05) is 6.08 Å². The molecule has 0 saturated carbocycles. The van der Waals surface area contributed by atoms with E-state index in [9.17, 15) is 4.79 Å². The minimum atomic E-state index is -0.469. The first kappa shape index (κ1) is 18.2. The van der Waals surface area contributed by atoms with Gasteiger partial charge in [0.25, 0.3) is 0 Å². The van der Waals surface area contributed by atoms with Crippen LogP contribution in [0.4, 0.5) is 0 Å². The van der Waals surface area contributed by atoms with Crippen molar-refractivity contribution in [2.75, 3.05) is 0 Å². The fourth-order valence-electron chi connectivity index (χ4n) is 2.15. The van der Waals surface area contributed by atoms with E-state index in [-0.39, 0.29) is 0 Å². The fraction of sp³-hybridized carbons (Fsp3) is 0.812. The Kier molecular flexibility index (Phi) is 14.6. The van der Waals surface area contributed by atoms with Crippen LogP contribution in [0.15, 0.2) is 12.2 Å². The lowest BCUT2D eigenvalue weighted by Gasteiger charge is -2.01. The van der Waals surface area contributed by atoms with Gasteiger partial charge in [-0.1, -0.05) is 77.2 Å². The van der Waals surface area contributed by atoms with E-state index >= 15 is 0 Å². The molecule has 19 heavy (non-hydrogen) atoms. The van der Waals surface area contributed by atoms with E-state index in [0.717, 1.165) is 12.8 Å². The highest BCUT2D eigenvalue weighted by Gasteiger charge is 1.93. The summed E-state index contributed by atoms with van der Waals surface area (Å²) >= 11 is 0. The molecule has 0 unspecified atom stereocenters. The summed E-state index contributed by atoms with van der Waals surface area (Å²) in [5, 5.41) is 0. The lowest BCUT2D eigenvalue weighted by Crippen LogP contribution is -2.05. The van der Waals surface area contributed by atoms with Crippen LogP contribution in [0.1, 0.15) is 84.0 Å². The lowest BCUT2D eigenvalue weighted by atomic mass is 10.1. The summed E-state index contributed by atoms with van der Waals surface area (Å²) in [4.78, 5) is 14.7. The molecule has 0 amide bonds. The van der Waals surface area contributed by atoms with E-state index in [0.29, 0.717) is 0 Å². The quantitative estimate of drug-likeness (QED) is 0.300. The Bertz CT molecular complexity index is 227. The van der Waals surface area contributed by atoms with Gasteiger partial charge in [-0.3, -0.25) is 0 Å². The Hall–Kier alpha value is -0.830. The van der Waals surface area contributed by atoms with Crippen molar-refractivity contribution in [2.24, 2.45) is 5.90 Å². The Labute approximate surface area is 118 Å². The first-order valence-corrected chi connectivity index (χ1v) is 7.88. The van der Waals surface area contributed by atoms with Crippen LogP contribution in [-0.2, 0) is 9.63 Å². The smallest absolute Gasteiger partial charge is 0.348 e. The molecule has 0 aliphatic heterocycles.